The highest BCUT2D eigenvalue weighted by Gasteiger charge is 2.36. The third-order valence-electron chi connectivity index (χ3n) is 3.79. The van der Waals surface area contributed by atoms with E-state index in [-0.39, 0.29) is 17.1 Å². The van der Waals surface area contributed by atoms with Crippen molar-refractivity contribution in [2.24, 2.45) is 0 Å². The van der Waals surface area contributed by atoms with Crippen molar-refractivity contribution in [1.82, 2.24) is 9.55 Å². The number of rotatable bonds is 0. The molecule has 1 aliphatic heterocycles. The number of carbonyl (C=O) groups excluding carboxylic acids is 1. The van der Waals surface area contributed by atoms with Crippen LogP contribution in [0.25, 0.3) is 16.6 Å². The molecular formula is C16H7F3N2O2. The van der Waals surface area contributed by atoms with Gasteiger partial charge in [0.05, 0.1) is 27.7 Å². The van der Waals surface area contributed by atoms with Crippen molar-refractivity contribution in [1.29, 1.82) is 0 Å². The summed E-state index contributed by atoms with van der Waals surface area (Å²) in [5.41, 5.74) is -1.12. The molecule has 4 rings (SSSR count). The average Bonchev–Trinajstić information content (AvgIpc) is 2.80. The van der Waals surface area contributed by atoms with E-state index in [9.17, 15) is 22.8 Å². The molecule has 1 aliphatic rings. The zero-order valence-electron chi connectivity index (χ0n) is 11.4. The maximum absolute atomic E-state index is 12.8. The second kappa shape index (κ2) is 4.28. The van der Waals surface area contributed by atoms with Crippen LogP contribution in [0.3, 0.4) is 0 Å². The minimum Gasteiger partial charge on any atom is -0.285 e. The number of nitrogens with zero attached hydrogens (tertiary/aromatic N) is 2. The first kappa shape index (κ1) is 13.7. The Morgan fingerprint density at radius 2 is 1.74 bits per heavy atom. The maximum atomic E-state index is 12.8. The molecule has 3 aromatic rings. The van der Waals surface area contributed by atoms with Gasteiger partial charge in [0.1, 0.15) is 0 Å². The largest absolute Gasteiger partial charge is 0.416 e. The van der Waals surface area contributed by atoms with Crippen LogP contribution in [0.15, 0.2) is 47.3 Å². The molecule has 114 valence electrons. The third kappa shape index (κ3) is 1.82. The lowest BCUT2D eigenvalue weighted by molar-refractivity contribution is -0.137. The second-order valence-electron chi connectivity index (χ2n) is 5.15. The molecule has 0 unspecified atom stereocenters. The number of fused-ring (bicyclic) bond motifs is 4. The Morgan fingerprint density at radius 1 is 1.00 bits per heavy atom. The summed E-state index contributed by atoms with van der Waals surface area (Å²) in [4.78, 5) is 29.1. The van der Waals surface area contributed by atoms with Crippen molar-refractivity contribution in [3.05, 3.63) is 69.8 Å². The van der Waals surface area contributed by atoms with Crippen molar-refractivity contribution in [3.8, 4) is 5.69 Å². The van der Waals surface area contributed by atoms with Crippen LogP contribution in [-0.2, 0) is 6.18 Å². The smallest absolute Gasteiger partial charge is 0.285 e. The highest BCUT2D eigenvalue weighted by Crippen LogP contribution is 2.34. The fourth-order valence-electron chi connectivity index (χ4n) is 2.72. The number of ketones is 1. The van der Waals surface area contributed by atoms with E-state index in [0.717, 1.165) is 22.8 Å². The van der Waals surface area contributed by atoms with Crippen LogP contribution in [0.5, 0.6) is 0 Å². The Bertz CT molecular complexity index is 1050. The van der Waals surface area contributed by atoms with Gasteiger partial charge in [-0.1, -0.05) is 12.1 Å². The van der Waals surface area contributed by atoms with Gasteiger partial charge in [-0.2, -0.15) is 13.2 Å². The van der Waals surface area contributed by atoms with Gasteiger partial charge in [-0.05, 0) is 30.3 Å². The SMILES string of the molecule is O=C1c2cc(C(F)(F)F)ccc2-n2c1nc1ccccc1c2=O. The van der Waals surface area contributed by atoms with E-state index in [2.05, 4.69) is 4.98 Å². The predicted molar refractivity (Wildman–Crippen MR) is 75.8 cm³/mol. The van der Waals surface area contributed by atoms with E-state index in [4.69, 9.17) is 0 Å². The molecule has 2 aromatic carbocycles. The van der Waals surface area contributed by atoms with Crippen LogP contribution in [0.2, 0.25) is 0 Å². The van der Waals surface area contributed by atoms with Crippen LogP contribution >= 0.6 is 0 Å². The highest BCUT2D eigenvalue weighted by atomic mass is 19.4. The van der Waals surface area contributed by atoms with Crippen LogP contribution in [-0.4, -0.2) is 15.3 Å². The molecule has 0 saturated heterocycles. The zero-order valence-corrected chi connectivity index (χ0v) is 11.4. The van der Waals surface area contributed by atoms with Gasteiger partial charge in [0.2, 0.25) is 5.78 Å². The summed E-state index contributed by atoms with van der Waals surface area (Å²) in [6.45, 7) is 0. The van der Waals surface area contributed by atoms with Crippen LogP contribution < -0.4 is 5.56 Å². The van der Waals surface area contributed by atoms with E-state index in [1.807, 2.05) is 0 Å². The van der Waals surface area contributed by atoms with Crippen molar-refractivity contribution in [2.75, 3.05) is 0 Å². The van der Waals surface area contributed by atoms with Gasteiger partial charge in [-0.3, -0.25) is 14.2 Å². The molecule has 0 radical (unpaired) electrons. The molecule has 0 fully saturated rings. The molecule has 0 aliphatic carbocycles. The number of hydrogen-bond acceptors (Lipinski definition) is 3. The number of carbonyl (C=O) groups is 1. The van der Waals surface area contributed by atoms with Crippen molar-refractivity contribution in [2.45, 2.75) is 6.18 Å². The summed E-state index contributed by atoms with van der Waals surface area (Å²) in [6.07, 6.45) is -4.56. The van der Waals surface area contributed by atoms with Crippen molar-refractivity contribution >= 4 is 16.7 Å². The fourth-order valence-corrected chi connectivity index (χ4v) is 2.72. The van der Waals surface area contributed by atoms with Gasteiger partial charge in [0.25, 0.3) is 5.56 Å². The summed E-state index contributed by atoms with van der Waals surface area (Å²) >= 11 is 0. The Morgan fingerprint density at radius 3 is 2.48 bits per heavy atom. The number of hydrogen-bond donors (Lipinski definition) is 0. The summed E-state index contributed by atoms with van der Waals surface area (Å²) in [6, 6.07) is 9.20. The molecule has 0 N–H and O–H groups in total. The van der Waals surface area contributed by atoms with E-state index in [1.165, 1.54) is 0 Å². The highest BCUT2D eigenvalue weighted by molar-refractivity contribution is 6.13. The lowest BCUT2D eigenvalue weighted by Crippen LogP contribution is -2.21. The topological polar surface area (TPSA) is 52.0 Å². The van der Waals surface area contributed by atoms with Crippen molar-refractivity contribution in [3.63, 3.8) is 0 Å². The van der Waals surface area contributed by atoms with Crippen molar-refractivity contribution < 1.29 is 18.0 Å². The van der Waals surface area contributed by atoms with Gasteiger partial charge >= 0.3 is 6.18 Å². The number of aromatic nitrogens is 2. The first-order valence-electron chi connectivity index (χ1n) is 6.66. The zero-order chi connectivity index (χ0) is 16.4. The lowest BCUT2D eigenvalue weighted by atomic mass is 10.1. The molecule has 1 aromatic heterocycles. The minimum absolute atomic E-state index is 0.126. The van der Waals surface area contributed by atoms with Gasteiger partial charge < -0.3 is 0 Å². The Hall–Kier alpha value is -2.96. The molecule has 4 nitrogen and oxygen atoms in total. The summed E-state index contributed by atoms with van der Waals surface area (Å²) in [5.74, 6) is -0.850. The normalized spacial score (nSPS) is 13.3. The Labute approximate surface area is 126 Å². The van der Waals surface area contributed by atoms with Gasteiger partial charge in [-0.25, -0.2) is 4.98 Å². The summed E-state index contributed by atoms with van der Waals surface area (Å²) in [5, 5.41) is 0.303. The molecule has 7 heteroatoms. The van der Waals surface area contributed by atoms with E-state index < -0.39 is 23.1 Å². The number of para-hydroxylation sites is 1. The molecule has 23 heavy (non-hydrogen) atoms. The Kier molecular flexibility index (Phi) is 2.55. The third-order valence-corrected chi connectivity index (χ3v) is 3.79. The monoisotopic (exact) mass is 316 g/mol. The summed E-state index contributed by atoms with van der Waals surface area (Å²) < 4.78 is 39.5. The molecule has 0 atom stereocenters. The van der Waals surface area contributed by atoms with Crippen LogP contribution in [0, 0.1) is 0 Å². The quantitative estimate of drug-likeness (QED) is 0.501. The average molecular weight is 316 g/mol. The fraction of sp³-hybridized carbons (Fsp3) is 0.0625. The first-order chi connectivity index (χ1) is 10.9. The molecule has 0 spiro atoms. The molecule has 0 bridgehead atoms. The lowest BCUT2D eigenvalue weighted by Gasteiger charge is -2.08. The van der Waals surface area contributed by atoms with E-state index in [1.54, 1.807) is 24.3 Å². The molecule has 2 heterocycles. The van der Waals surface area contributed by atoms with Gasteiger partial charge in [0, 0.05) is 0 Å². The second-order valence-corrected chi connectivity index (χ2v) is 5.15. The minimum atomic E-state index is -4.56. The van der Waals surface area contributed by atoms with Gasteiger partial charge in [0.15, 0.2) is 5.82 Å². The maximum Gasteiger partial charge on any atom is 0.416 e. The summed E-state index contributed by atoms with van der Waals surface area (Å²) in [7, 11) is 0. The molecule has 0 saturated carbocycles. The number of halogens is 3. The number of benzene rings is 2. The van der Waals surface area contributed by atoms with E-state index >= 15 is 0 Å². The van der Waals surface area contributed by atoms with E-state index in [0.29, 0.717) is 10.9 Å². The Balaban J connectivity index is 2.06. The first-order valence-corrected chi connectivity index (χ1v) is 6.66. The van der Waals surface area contributed by atoms with Crippen LogP contribution in [0.4, 0.5) is 13.2 Å². The predicted octanol–water partition coefficient (Wildman–Crippen LogP) is 2.95. The molecular weight excluding hydrogens is 309 g/mol. The number of alkyl halides is 3. The van der Waals surface area contributed by atoms with Crippen LogP contribution in [0.1, 0.15) is 21.7 Å². The standard InChI is InChI=1S/C16H7F3N2O2/c17-16(18,19)8-5-6-12-10(7-8)13(22)14-20-11-4-2-1-3-9(11)15(23)21(12)14/h1-7H. The van der Waals surface area contributed by atoms with Gasteiger partial charge in [-0.15, -0.1) is 0 Å². The molecule has 0 amide bonds.